The number of aromatic nitrogens is 3. The van der Waals surface area contributed by atoms with Crippen LogP contribution >= 0.6 is 23.8 Å². The fourth-order valence-corrected chi connectivity index (χ4v) is 2.59. The Morgan fingerprint density at radius 2 is 1.92 bits per heavy atom. The van der Waals surface area contributed by atoms with Gasteiger partial charge in [0.05, 0.1) is 0 Å². The number of hydrogen-bond acceptors (Lipinski definition) is 6. The van der Waals surface area contributed by atoms with Gasteiger partial charge in [0, 0.05) is 23.0 Å². The predicted octanol–water partition coefficient (Wildman–Crippen LogP) is 4.71. The van der Waals surface area contributed by atoms with E-state index < -0.39 is 0 Å². The van der Waals surface area contributed by atoms with Crippen molar-refractivity contribution in [3.63, 3.8) is 0 Å². The van der Waals surface area contributed by atoms with Gasteiger partial charge in [-0.15, -0.1) is 0 Å². The number of pyridine rings is 2. The number of hydrogen-bond donors (Lipinski definition) is 1. The van der Waals surface area contributed by atoms with Crippen LogP contribution in [-0.4, -0.2) is 20.1 Å². The van der Waals surface area contributed by atoms with Crippen LogP contribution in [0.25, 0.3) is 22.7 Å². The molecule has 0 atom stereocenters. The van der Waals surface area contributed by atoms with Gasteiger partial charge >= 0.3 is 0 Å². The van der Waals surface area contributed by atoms with E-state index in [1.807, 2.05) is 6.07 Å². The Bertz CT molecular complexity index is 1050. The minimum Gasteiger partial charge on any atom is -0.434 e. The number of rotatable bonds is 3. The molecule has 4 aromatic rings. The Kier molecular flexibility index (Phi) is 4.47. The molecule has 3 heterocycles. The van der Waals surface area contributed by atoms with E-state index in [-0.39, 0.29) is 5.17 Å². The molecule has 0 fully saturated rings. The minimum absolute atomic E-state index is 0.163. The Morgan fingerprint density at radius 1 is 1.08 bits per heavy atom. The number of thiocarbonyl (C=S) groups is 1. The first kappa shape index (κ1) is 16.4. The first-order valence-electron chi connectivity index (χ1n) is 7.60. The number of oxazole rings is 1. The van der Waals surface area contributed by atoms with E-state index in [0.29, 0.717) is 33.7 Å². The van der Waals surface area contributed by atoms with E-state index in [0.717, 1.165) is 5.56 Å². The zero-order valence-corrected chi connectivity index (χ0v) is 14.8. The summed E-state index contributed by atoms with van der Waals surface area (Å²) in [7, 11) is 0. The van der Waals surface area contributed by atoms with Gasteiger partial charge < -0.3 is 14.5 Å². The van der Waals surface area contributed by atoms with Gasteiger partial charge in [0.15, 0.2) is 11.2 Å². The lowest BCUT2D eigenvalue weighted by atomic mass is 10.2. The number of fused-ring (bicyclic) bond motifs is 1. The van der Waals surface area contributed by atoms with E-state index >= 15 is 0 Å². The van der Waals surface area contributed by atoms with Crippen LogP contribution in [0.2, 0.25) is 5.02 Å². The highest BCUT2D eigenvalue weighted by atomic mass is 35.5. The predicted molar refractivity (Wildman–Crippen MR) is 103 cm³/mol. The summed E-state index contributed by atoms with van der Waals surface area (Å²) in [6.45, 7) is 0. The van der Waals surface area contributed by atoms with E-state index in [4.69, 9.17) is 33.0 Å². The molecule has 0 saturated heterocycles. The molecule has 4 rings (SSSR count). The van der Waals surface area contributed by atoms with Gasteiger partial charge in [-0.3, -0.25) is 0 Å². The fourth-order valence-electron chi connectivity index (χ4n) is 2.26. The van der Waals surface area contributed by atoms with Gasteiger partial charge in [-0.25, -0.2) is 9.97 Å². The van der Waals surface area contributed by atoms with Crippen LogP contribution in [0, 0.1) is 0 Å². The molecule has 0 radical (unpaired) electrons. The number of nitrogens with zero attached hydrogens (tertiary/aromatic N) is 3. The first-order valence-corrected chi connectivity index (χ1v) is 8.38. The maximum atomic E-state index is 5.85. The average molecular weight is 383 g/mol. The van der Waals surface area contributed by atoms with Crippen molar-refractivity contribution in [3.05, 3.63) is 65.9 Å². The quantitative estimate of drug-likeness (QED) is 0.514. The highest BCUT2D eigenvalue weighted by Crippen LogP contribution is 2.24. The standard InChI is InChI=1S/C18H11ClN4O2S/c19-12-3-5-13(6-4-12)24-18(26)22-15-10-11(7-9-20-15)17-23-16-14(25-17)2-1-8-21-16/h1-10H,(H,20,22,26). The highest BCUT2D eigenvalue weighted by Gasteiger charge is 2.10. The molecule has 3 aromatic heterocycles. The summed E-state index contributed by atoms with van der Waals surface area (Å²) in [5, 5.41) is 3.72. The number of halogens is 1. The van der Waals surface area contributed by atoms with Gasteiger partial charge in [0.25, 0.3) is 5.17 Å². The second-order valence-electron chi connectivity index (χ2n) is 5.24. The van der Waals surface area contributed by atoms with Crippen molar-refractivity contribution in [1.29, 1.82) is 0 Å². The lowest BCUT2D eigenvalue weighted by molar-refractivity contribution is 0.563. The Morgan fingerprint density at radius 3 is 2.73 bits per heavy atom. The summed E-state index contributed by atoms with van der Waals surface area (Å²) in [6.07, 6.45) is 3.30. The minimum atomic E-state index is 0.163. The second kappa shape index (κ2) is 7.07. The van der Waals surface area contributed by atoms with Crippen LogP contribution in [0.15, 0.2) is 65.3 Å². The van der Waals surface area contributed by atoms with Crippen molar-refractivity contribution in [2.45, 2.75) is 0 Å². The van der Waals surface area contributed by atoms with Crippen LogP contribution in [0.3, 0.4) is 0 Å². The lowest BCUT2D eigenvalue weighted by Gasteiger charge is -2.09. The van der Waals surface area contributed by atoms with E-state index in [9.17, 15) is 0 Å². The van der Waals surface area contributed by atoms with Crippen LogP contribution in [0.5, 0.6) is 5.75 Å². The fraction of sp³-hybridized carbons (Fsp3) is 0. The summed E-state index contributed by atoms with van der Waals surface area (Å²) >= 11 is 11.1. The molecular formula is C18H11ClN4O2S. The summed E-state index contributed by atoms with van der Waals surface area (Å²) in [6, 6.07) is 14.1. The molecule has 0 unspecified atom stereocenters. The Labute approximate surface area is 158 Å². The monoisotopic (exact) mass is 382 g/mol. The molecule has 0 bridgehead atoms. The van der Waals surface area contributed by atoms with E-state index in [2.05, 4.69) is 20.3 Å². The number of ether oxygens (including phenoxy) is 1. The van der Waals surface area contributed by atoms with Crippen molar-refractivity contribution in [1.82, 2.24) is 15.0 Å². The van der Waals surface area contributed by atoms with Gasteiger partial charge in [-0.1, -0.05) is 11.6 Å². The molecule has 6 nitrogen and oxygen atoms in total. The molecule has 0 aliphatic heterocycles. The van der Waals surface area contributed by atoms with Crippen LogP contribution in [-0.2, 0) is 0 Å². The third-order valence-corrected chi connectivity index (χ3v) is 3.86. The normalized spacial score (nSPS) is 10.7. The van der Waals surface area contributed by atoms with Gasteiger partial charge in [-0.2, -0.15) is 4.98 Å². The van der Waals surface area contributed by atoms with Crippen molar-refractivity contribution in [3.8, 4) is 17.2 Å². The van der Waals surface area contributed by atoms with E-state index in [1.165, 1.54) is 0 Å². The number of benzene rings is 1. The largest absolute Gasteiger partial charge is 0.434 e. The molecule has 8 heteroatoms. The maximum absolute atomic E-state index is 5.85. The van der Waals surface area contributed by atoms with Gasteiger partial charge in [-0.05, 0) is 60.7 Å². The topological polar surface area (TPSA) is 73.1 Å². The molecule has 0 spiro atoms. The lowest BCUT2D eigenvalue weighted by Crippen LogP contribution is -2.17. The summed E-state index contributed by atoms with van der Waals surface area (Å²) in [5.41, 5.74) is 1.92. The molecule has 0 aliphatic rings. The average Bonchev–Trinajstić information content (AvgIpc) is 3.08. The molecule has 0 aliphatic carbocycles. The molecule has 128 valence electrons. The summed E-state index contributed by atoms with van der Waals surface area (Å²) < 4.78 is 11.3. The summed E-state index contributed by atoms with van der Waals surface area (Å²) in [5.74, 6) is 1.54. The van der Waals surface area contributed by atoms with Crippen molar-refractivity contribution < 1.29 is 9.15 Å². The molecule has 26 heavy (non-hydrogen) atoms. The van der Waals surface area contributed by atoms with Crippen LogP contribution in [0.1, 0.15) is 0 Å². The van der Waals surface area contributed by atoms with Gasteiger partial charge in [0.2, 0.25) is 5.89 Å². The van der Waals surface area contributed by atoms with Crippen molar-refractivity contribution >= 4 is 46.0 Å². The zero-order chi connectivity index (χ0) is 17.9. The number of anilines is 1. The van der Waals surface area contributed by atoms with Crippen molar-refractivity contribution in [2.24, 2.45) is 0 Å². The smallest absolute Gasteiger partial charge is 0.267 e. The zero-order valence-electron chi connectivity index (χ0n) is 13.2. The maximum Gasteiger partial charge on any atom is 0.267 e. The van der Waals surface area contributed by atoms with Gasteiger partial charge in [0.1, 0.15) is 11.6 Å². The molecular weight excluding hydrogens is 372 g/mol. The van der Waals surface area contributed by atoms with Crippen LogP contribution in [0.4, 0.5) is 5.82 Å². The summed E-state index contributed by atoms with van der Waals surface area (Å²) in [4.78, 5) is 12.8. The third-order valence-electron chi connectivity index (χ3n) is 3.43. The number of nitrogens with one attached hydrogen (secondary N) is 1. The molecule has 0 saturated carbocycles. The van der Waals surface area contributed by atoms with Crippen molar-refractivity contribution in [2.75, 3.05) is 5.32 Å². The Balaban J connectivity index is 1.51. The first-order chi connectivity index (χ1) is 12.7. The molecule has 1 aromatic carbocycles. The third kappa shape index (κ3) is 3.63. The molecule has 0 amide bonds. The second-order valence-corrected chi connectivity index (χ2v) is 6.05. The van der Waals surface area contributed by atoms with Crippen LogP contribution < -0.4 is 10.1 Å². The SMILES string of the molecule is S=C(Nc1cc(-c2nc3ncccc3o2)ccn1)Oc1ccc(Cl)cc1. The molecule has 1 N–H and O–H groups in total. The van der Waals surface area contributed by atoms with E-state index in [1.54, 1.807) is 54.9 Å². The Hall–Kier alpha value is -3.03. The highest BCUT2D eigenvalue weighted by molar-refractivity contribution is 7.80.